The highest BCUT2D eigenvalue weighted by Crippen LogP contribution is 2.16. The van der Waals surface area contributed by atoms with E-state index in [0.29, 0.717) is 12.8 Å². The van der Waals surface area contributed by atoms with Crippen molar-refractivity contribution in [2.24, 2.45) is 0 Å². The molecule has 0 saturated carbocycles. The molecule has 5 nitrogen and oxygen atoms in total. The fourth-order valence-corrected chi connectivity index (χ4v) is 8.51. The van der Waals surface area contributed by atoms with E-state index in [1.165, 1.54) is 167 Å². The Balaban J connectivity index is 3.51. The highest BCUT2D eigenvalue weighted by atomic mass is 16.6. The highest BCUT2D eigenvalue weighted by molar-refractivity contribution is 5.70. The van der Waals surface area contributed by atoms with E-state index in [9.17, 15) is 14.7 Å². The minimum Gasteiger partial charge on any atom is -0.462 e. The molecule has 1 atom stereocenters. The summed E-state index contributed by atoms with van der Waals surface area (Å²) in [6, 6.07) is 0. The van der Waals surface area contributed by atoms with Crippen molar-refractivity contribution in [1.82, 2.24) is 0 Å². The molecule has 0 amide bonds. The monoisotopic (exact) mass is 999 g/mol. The number of aliphatic hydroxyl groups excluding tert-OH is 1. The Morgan fingerprint density at radius 1 is 0.333 bits per heavy atom. The lowest BCUT2D eigenvalue weighted by Gasteiger charge is -2.15. The van der Waals surface area contributed by atoms with Gasteiger partial charge in [0, 0.05) is 12.8 Å². The van der Waals surface area contributed by atoms with Crippen molar-refractivity contribution in [3.63, 3.8) is 0 Å². The normalized spacial score (nSPS) is 13.0. The second kappa shape index (κ2) is 61.9. The number of rotatable bonds is 55. The Bertz CT molecular complexity index is 1410. The Morgan fingerprint density at radius 3 is 0.903 bits per heavy atom. The molecule has 1 unspecified atom stereocenters. The van der Waals surface area contributed by atoms with Crippen molar-refractivity contribution >= 4 is 11.9 Å². The van der Waals surface area contributed by atoms with Gasteiger partial charge in [-0.2, -0.15) is 0 Å². The summed E-state index contributed by atoms with van der Waals surface area (Å²) in [5, 5.41) is 9.68. The van der Waals surface area contributed by atoms with E-state index < -0.39 is 6.10 Å². The zero-order valence-electron chi connectivity index (χ0n) is 47.2. The first-order chi connectivity index (χ1) is 35.6. The van der Waals surface area contributed by atoms with Crippen LogP contribution < -0.4 is 0 Å². The van der Waals surface area contributed by atoms with Gasteiger partial charge in [-0.15, -0.1) is 0 Å². The standard InChI is InChI=1S/C67H114O5/c1-3-5-7-9-11-13-15-17-19-21-23-25-27-29-31-32-33-34-36-38-40-42-44-46-48-50-52-54-56-58-60-62-67(70)72-65(63-68)64-71-66(69)61-59-57-55-53-51-49-47-45-43-41-39-37-35-30-28-26-24-22-20-18-16-14-12-10-8-6-4-2/h5,7,11,13,16-19,22-25,28-31,33-34,65,68H,3-4,6,8-10,12,14-15,20-21,26-27,32,35-64H2,1-2H3/b7-5-,13-11-,18-16-,19-17-,24-22-,25-23-,30-28-,31-29-,34-33-. The maximum Gasteiger partial charge on any atom is 0.306 e. The van der Waals surface area contributed by atoms with Crippen LogP contribution in [0.1, 0.15) is 284 Å². The first kappa shape index (κ1) is 68.6. The Labute approximate surface area is 446 Å². The fraction of sp³-hybridized carbons (Fsp3) is 0.701. The highest BCUT2D eigenvalue weighted by Gasteiger charge is 2.16. The van der Waals surface area contributed by atoms with E-state index in [1.54, 1.807) is 0 Å². The molecule has 0 aromatic rings. The maximum atomic E-state index is 12.3. The van der Waals surface area contributed by atoms with Gasteiger partial charge in [-0.1, -0.05) is 277 Å². The molecule has 0 rings (SSSR count). The van der Waals surface area contributed by atoms with Crippen molar-refractivity contribution in [3.05, 3.63) is 109 Å². The van der Waals surface area contributed by atoms with E-state index in [4.69, 9.17) is 9.47 Å². The molecule has 0 fully saturated rings. The van der Waals surface area contributed by atoms with E-state index in [0.717, 1.165) is 89.9 Å². The summed E-state index contributed by atoms with van der Waals surface area (Å²) in [5.74, 6) is -0.592. The third-order valence-corrected chi connectivity index (χ3v) is 13.1. The van der Waals surface area contributed by atoms with Gasteiger partial charge < -0.3 is 14.6 Å². The molecule has 72 heavy (non-hydrogen) atoms. The lowest BCUT2D eigenvalue weighted by Crippen LogP contribution is -2.28. The molecule has 0 bridgehead atoms. The van der Waals surface area contributed by atoms with Crippen molar-refractivity contribution < 1.29 is 24.2 Å². The third kappa shape index (κ3) is 59.1. The van der Waals surface area contributed by atoms with Crippen molar-refractivity contribution in [1.29, 1.82) is 0 Å². The predicted octanol–water partition coefficient (Wildman–Crippen LogP) is 20.9. The molecule has 1 N–H and O–H groups in total. The van der Waals surface area contributed by atoms with Gasteiger partial charge in [0.05, 0.1) is 6.61 Å². The molecule has 0 heterocycles. The average molecular weight is 1000 g/mol. The van der Waals surface area contributed by atoms with Crippen molar-refractivity contribution in [3.8, 4) is 0 Å². The van der Waals surface area contributed by atoms with Crippen LogP contribution >= 0.6 is 0 Å². The molecule has 5 heteroatoms. The number of esters is 2. The minimum atomic E-state index is -0.781. The molecule has 0 aliphatic rings. The van der Waals surface area contributed by atoms with Crippen LogP contribution in [0.15, 0.2) is 109 Å². The largest absolute Gasteiger partial charge is 0.462 e. The summed E-state index contributed by atoms with van der Waals surface area (Å²) < 4.78 is 10.7. The first-order valence-electron chi connectivity index (χ1n) is 30.4. The van der Waals surface area contributed by atoms with Crippen LogP contribution in [0.5, 0.6) is 0 Å². The van der Waals surface area contributed by atoms with E-state index in [1.807, 2.05) is 0 Å². The molecule has 0 aliphatic heterocycles. The molecule has 0 aromatic heterocycles. The molecule has 0 radical (unpaired) electrons. The van der Waals surface area contributed by atoms with Crippen LogP contribution in [-0.4, -0.2) is 36.4 Å². The predicted molar refractivity (Wildman–Crippen MR) is 315 cm³/mol. The van der Waals surface area contributed by atoms with Crippen LogP contribution in [0.2, 0.25) is 0 Å². The average Bonchev–Trinajstić information content (AvgIpc) is 3.38. The topological polar surface area (TPSA) is 72.8 Å². The Kier molecular flexibility index (Phi) is 58.9. The van der Waals surface area contributed by atoms with Crippen molar-refractivity contribution in [2.45, 2.75) is 290 Å². The van der Waals surface area contributed by atoms with Gasteiger partial charge in [-0.05, 0) is 103 Å². The molecule has 0 saturated heterocycles. The third-order valence-electron chi connectivity index (χ3n) is 13.1. The molecule has 0 aliphatic carbocycles. The zero-order valence-corrected chi connectivity index (χ0v) is 47.2. The van der Waals surface area contributed by atoms with Crippen LogP contribution in [-0.2, 0) is 19.1 Å². The number of aliphatic hydroxyl groups is 1. The van der Waals surface area contributed by atoms with Gasteiger partial charge in [0.15, 0.2) is 6.10 Å². The van der Waals surface area contributed by atoms with Gasteiger partial charge in [0.2, 0.25) is 0 Å². The van der Waals surface area contributed by atoms with Crippen molar-refractivity contribution in [2.75, 3.05) is 13.2 Å². The van der Waals surface area contributed by atoms with E-state index in [2.05, 4.69) is 123 Å². The fourth-order valence-electron chi connectivity index (χ4n) is 8.51. The zero-order chi connectivity index (χ0) is 52.0. The second-order valence-electron chi connectivity index (χ2n) is 20.0. The van der Waals surface area contributed by atoms with Gasteiger partial charge in [0.1, 0.15) is 6.61 Å². The smallest absolute Gasteiger partial charge is 0.306 e. The Morgan fingerprint density at radius 2 is 0.597 bits per heavy atom. The maximum absolute atomic E-state index is 12.3. The molecule has 0 spiro atoms. The lowest BCUT2D eigenvalue weighted by molar-refractivity contribution is -0.161. The van der Waals surface area contributed by atoms with Gasteiger partial charge in [-0.25, -0.2) is 0 Å². The minimum absolute atomic E-state index is 0.0713. The SMILES string of the molecule is CC/C=C\C/C=C\C/C=C\C/C=C\C/C=C\C/C=C\CCCCCCCCCCCCCCC(=O)OC(CO)COC(=O)CCCCCCCCCCCCCC/C=C\C/C=C\C/C=C\CCCCCCC. The number of ether oxygens (including phenoxy) is 2. The number of allylic oxidation sites excluding steroid dienone is 18. The summed E-state index contributed by atoms with van der Waals surface area (Å²) in [6.45, 7) is 4.03. The summed E-state index contributed by atoms with van der Waals surface area (Å²) >= 11 is 0. The van der Waals surface area contributed by atoms with Crippen LogP contribution in [0, 0.1) is 0 Å². The second-order valence-corrected chi connectivity index (χ2v) is 20.0. The van der Waals surface area contributed by atoms with Gasteiger partial charge in [-0.3, -0.25) is 9.59 Å². The molecular formula is C67H114O5. The summed E-state index contributed by atoms with van der Waals surface area (Å²) in [7, 11) is 0. The number of carbonyl (C=O) groups excluding carboxylic acids is 2. The number of carbonyl (C=O) groups is 2. The molecular weight excluding hydrogens is 885 g/mol. The van der Waals surface area contributed by atoms with Crippen LogP contribution in [0.4, 0.5) is 0 Å². The molecule has 0 aromatic carbocycles. The Hall–Kier alpha value is -3.44. The number of unbranched alkanes of at least 4 members (excludes halogenated alkanes) is 29. The number of hydrogen-bond donors (Lipinski definition) is 1. The summed E-state index contributed by atoms with van der Waals surface area (Å²) in [4.78, 5) is 24.6. The lowest BCUT2D eigenvalue weighted by atomic mass is 10.0. The van der Waals surface area contributed by atoms with Crippen LogP contribution in [0.3, 0.4) is 0 Å². The number of hydrogen-bond acceptors (Lipinski definition) is 5. The molecule has 412 valence electrons. The van der Waals surface area contributed by atoms with Gasteiger partial charge in [0.25, 0.3) is 0 Å². The van der Waals surface area contributed by atoms with Crippen LogP contribution in [0.25, 0.3) is 0 Å². The van der Waals surface area contributed by atoms with Gasteiger partial charge >= 0.3 is 11.9 Å². The summed E-state index contributed by atoms with van der Waals surface area (Å²) in [5.41, 5.74) is 0. The first-order valence-corrected chi connectivity index (χ1v) is 30.4. The van der Waals surface area contributed by atoms with E-state index in [-0.39, 0.29) is 25.2 Å². The van der Waals surface area contributed by atoms with E-state index >= 15 is 0 Å². The quantitative estimate of drug-likeness (QED) is 0.0373. The summed E-state index contributed by atoms with van der Waals surface area (Å²) in [6.07, 6.45) is 89.2.